The molecule has 4 nitrogen and oxygen atoms in total. The van der Waals surface area contributed by atoms with E-state index in [9.17, 15) is 4.79 Å². The van der Waals surface area contributed by atoms with Crippen molar-refractivity contribution in [2.75, 3.05) is 0 Å². The van der Waals surface area contributed by atoms with Gasteiger partial charge in [0.15, 0.2) is 0 Å². The zero-order valence-electron chi connectivity index (χ0n) is 16.9. The number of amides is 1. The van der Waals surface area contributed by atoms with Gasteiger partial charge in [0.25, 0.3) is 0 Å². The number of hydrogen-bond donors (Lipinski definition) is 2. The number of carbonyl (C=O) groups excluding carboxylic acids is 1. The molecule has 4 heteroatoms. The van der Waals surface area contributed by atoms with Gasteiger partial charge in [-0.1, -0.05) is 105 Å². The summed E-state index contributed by atoms with van der Waals surface area (Å²) in [6.45, 7) is 4.44. The molecule has 3 rings (SSSR count). The number of hydrogen-bond acceptors (Lipinski definition) is 3. The standard InChI is InChI=1S/C25H28N2O2/c1-19(2)26-23(21-14-8-4-9-15-21)24(22-16-10-5-11-17-22)27-25(28)29-18-20-12-6-3-7-13-20/h3-17,19,23-24,26H,18H2,1-2H3,(H,27,28)/t23-,24-/m0/s1. The molecule has 3 aromatic rings. The van der Waals surface area contributed by atoms with E-state index in [1.807, 2.05) is 78.9 Å². The third-order valence-electron chi connectivity index (χ3n) is 4.65. The van der Waals surface area contributed by atoms with Crippen LogP contribution in [0.2, 0.25) is 0 Å². The van der Waals surface area contributed by atoms with E-state index in [1.54, 1.807) is 0 Å². The summed E-state index contributed by atoms with van der Waals surface area (Å²) in [5, 5.41) is 6.69. The maximum Gasteiger partial charge on any atom is 0.408 e. The molecule has 0 aliphatic heterocycles. The van der Waals surface area contributed by atoms with E-state index in [0.29, 0.717) is 0 Å². The summed E-state index contributed by atoms with van der Waals surface area (Å²) in [5.41, 5.74) is 3.09. The number of alkyl carbamates (subject to hydrolysis) is 1. The minimum Gasteiger partial charge on any atom is -0.445 e. The molecule has 0 aliphatic carbocycles. The lowest BCUT2D eigenvalue weighted by Crippen LogP contribution is -2.41. The second-order valence-electron chi connectivity index (χ2n) is 7.30. The predicted molar refractivity (Wildman–Crippen MR) is 116 cm³/mol. The molecule has 0 aromatic heterocycles. The molecule has 150 valence electrons. The third-order valence-corrected chi connectivity index (χ3v) is 4.65. The van der Waals surface area contributed by atoms with Crippen LogP contribution in [0.4, 0.5) is 4.79 Å². The Bertz CT molecular complexity index is 867. The van der Waals surface area contributed by atoms with Gasteiger partial charge >= 0.3 is 6.09 Å². The summed E-state index contributed by atoms with van der Waals surface area (Å²) < 4.78 is 5.49. The fourth-order valence-electron chi connectivity index (χ4n) is 3.32. The Balaban J connectivity index is 1.82. The zero-order chi connectivity index (χ0) is 20.5. The van der Waals surface area contributed by atoms with Crippen LogP contribution in [-0.4, -0.2) is 12.1 Å². The minimum atomic E-state index is -0.436. The molecule has 2 atom stereocenters. The van der Waals surface area contributed by atoms with Crippen LogP contribution in [0, 0.1) is 0 Å². The fourth-order valence-corrected chi connectivity index (χ4v) is 3.32. The summed E-state index contributed by atoms with van der Waals surface area (Å²) in [7, 11) is 0. The number of nitrogens with one attached hydrogen (secondary N) is 2. The minimum absolute atomic E-state index is 0.0946. The van der Waals surface area contributed by atoms with E-state index >= 15 is 0 Å². The molecule has 0 radical (unpaired) electrons. The Morgan fingerprint density at radius 2 is 1.24 bits per heavy atom. The normalized spacial score (nSPS) is 12.9. The van der Waals surface area contributed by atoms with Gasteiger partial charge in [-0.05, 0) is 16.7 Å². The summed E-state index contributed by atoms with van der Waals surface area (Å²) in [6.07, 6.45) is -0.436. The van der Waals surface area contributed by atoms with Crippen LogP contribution < -0.4 is 10.6 Å². The Labute approximate surface area is 172 Å². The maximum atomic E-state index is 12.7. The molecular formula is C25H28N2O2. The number of benzene rings is 3. The maximum absolute atomic E-state index is 12.7. The van der Waals surface area contributed by atoms with Crippen LogP contribution >= 0.6 is 0 Å². The van der Waals surface area contributed by atoms with Crippen molar-refractivity contribution < 1.29 is 9.53 Å². The fraction of sp³-hybridized carbons (Fsp3) is 0.240. The predicted octanol–water partition coefficient (Wildman–Crippen LogP) is 5.39. The first-order chi connectivity index (χ1) is 14.1. The average Bonchev–Trinajstić information content (AvgIpc) is 2.76. The van der Waals surface area contributed by atoms with Gasteiger partial charge < -0.3 is 15.4 Å². The van der Waals surface area contributed by atoms with E-state index in [2.05, 4.69) is 36.6 Å². The molecule has 1 amide bonds. The Morgan fingerprint density at radius 3 is 1.76 bits per heavy atom. The molecule has 2 N–H and O–H groups in total. The van der Waals surface area contributed by atoms with Crippen molar-refractivity contribution in [1.29, 1.82) is 0 Å². The summed E-state index contributed by atoms with van der Waals surface area (Å²) in [6, 6.07) is 29.7. The highest BCUT2D eigenvalue weighted by Gasteiger charge is 2.27. The van der Waals surface area contributed by atoms with Gasteiger partial charge in [0.1, 0.15) is 6.61 Å². The van der Waals surface area contributed by atoms with E-state index < -0.39 is 6.09 Å². The summed E-state index contributed by atoms with van der Waals surface area (Å²) in [4.78, 5) is 12.7. The number of rotatable bonds is 8. The Hall–Kier alpha value is -3.11. The van der Waals surface area contributed by atoms with Crippen LogP contribution in [0.1, 0.15) is 42.6 Å². The first kappa shape index (κ1) is 20.6. The SMILES string of the molecule is CC(C)N[C@@H](c1ccccc1)[C@@H](NC(=O)OCc1ccccc1)c1ccccc1. The number of ether oxygens (including phenoxy) is 1. The molecule has 0 bridgehead atoms. The van der Waals surface area contributed by atoms with E-state index in [4.69, 9.17) is 4.74 Å². The quantitative estimate of drug-likeness (QED) is 0.544. The van der Waals surface area contributed by atoms with Crippen LogP contribution in [0.3, 0.4) is 0 Å². The van der Waals surface area contributed by atoms with Crippen LogP contribution in [0.25, 0.3) is 0 Å². The van der Waals surface area contributed by atoms with Gasteiger partial charge in [0.05, 0.1) is 12.1 Å². The lowest BCUT2D eigenvalue weighted by molar-refractivity contribution is 0.132. The first-order valence-corrected chi connectivity index (χ1v) is 9.96. The largest absolute Gasteiger partial charge is 0.445 e. The van der Waals surface area contributed by atoms with E-state index in [0.717, 1.165) is 16.7 Å². The van der Waals surface area contributed by atoms with Crippen molar-refractivity contribution in [1.82, 2.24) is 10.6 Å². The highest BCUT2D eigenvalue weighted by atomic mass is 16.5. The van der Waals surface area contributed by atoms with E-state index in [1.165, 1.54) is 0 Å². The zero-order valence-corrected chi connectivity index (χ0v) is 16.9. The van der Waals surface area contributed by atoms with Crippen molar-refractivity contribution in [3.63, 3.8) is 0 Å². The topological polar surface area (TPSA) is 50.4 Å². The Kier molecular flexibility index (Phi) is 7.42. The molecule has 0 fully saturated rings. The van der Waals surface area contributed by atoms with Crippen LogP contribution in [-0.2, 0) is 11.3 Å². The highest BCUT2D eigenvalue weighted by molar-refractivity contribution is 5.68. The molecular weight excluding hydrogens is 360 g/mol. The molecule has 0 saturated carbocycles. The summed E-state index contributed by atoms with van der Waals surface area (Å²) in [5.74, 6) is 0. The van der Waals surface area contributed by atoms with Crippen molar-refractivity contribution in [2.24, 2.45) is 0 Å². The van der Waals surface area contributed by atoms with Gasteiger partial charge in [-0.15, -0.1) is 0 Å². The van der Waals surface area contributed by atoms with Crippen molar-refractivity contribution in [3.8, 4) is 0 Å². The molecule has 0 spiro atoms. The second-order valence-corrected chi connectivity index (χ2v) is 7.30. The molecule has 3 aromatic carbocycles. The van der Waals surface area contributed by atoms with Crippen molar-refractivity contribution >= 4 is 6.09 Å². The summed E-state index contributed by atoms with van der Waals surface area (Å²) >= 11 is 0. The average molecular weight is 389 g/mol. The first-order valence-electron chi connectivity index (χ1n) is 9.96. The lowest BCUT2D eigenvalue weighted by Gasteiger charge is -2.31. The molecule has 0 aliphatic rings. The van der Waals surface area contributed by atoms with Gasteiger partial charge in [0, 0.05) is 6.04 Å². The molecule has 29 heavy (non-hydrogen) atoms. The van der Waals surface area contributed by atoms with Gasteiger partial charge in [-0.25, -0.2) is 4.79 Å². The molecule has 0 unspecified atom stereocenters. The highest BCUT2D eigenvalue weighted by Crippen LogP contribution is 2.29. The van der Waals surface area contributed by atoms with Crippen molar-refractivity contribution in [2.45, 2.75) is 38.6 Å². The Morgan fingerprint density at radius 1 is 0.759 bits per heavy atom. The van der Waals surface area contributed by atoms with E-state index in [-0.39, 0.29) is 24.7 Å². The van der Waals surface area contributed by atoms with Crippen LogP contribution in [0.15, 0.2) is 91.0 Å². The second kappa shape index (κ2) is 10.4. The van der Waals surface area contributed by atoms with Gasteiger partial charge in [-0.2, -0.15) is 0 Å². The van der Waals surface area contributed by atoms with Crippen molar-refractivity contribution in [3.05, 3.63) is 108 Å². The molecule has 0 heterocycles. The monoisotopic (exact) mass is 388 g/mol. The van der Waals surface area contributed by atoms with Crippen LogP contribution in [0.5, 0.6) is 0 Å². The molecule has 0 saturated heterocycles. The van der Waals surface area contributed by atoms with Gasteiger partial charge in [0.2, 0.25) is 0 Å². The number of carbonyl (C=O) groups is 1. The lowest BCUT2D eigenvalue weighted by atomic mass is 9.93. The smallest absolute Gasteiger partial charge is 0.408 e. The van der Waals surface area contributed by atoms with Gasteiger partial charge in [-0.3, -0.25) is 0 Å². The third kappa shape index (κ3) is 6.19.